The number of para-hydroxylation sites is 1. The van der Waals surface area contributed by atoms with Crippen LogP contribution in [0.2, 0.25) is 0 Å². The molecular weight excluding hydrogens is 176 g/mol. The van der Waals surface area contributed by atoms with Gasteiger partial charge in [-0.25, -0.2) is 4.98 Å². The van der Waals surface area contributed by atoms with E-state index in [0.717, 1.165) is 16.5 Å². The number of aromatic nitrogens is 1. The Labute approximate surface area is 80.8 Å². The quantitative estimate of drug-likeness (QED) is 0.380. The number of benzene rings is 1. The molecule has 0 aliphatic carbocycles. The number of azide groups is 1. The molecule has 0 unspecified atom stereocenters. The molecule has 68 valence electrons. The van der Waals surface area contributed by atoms with Crippen molar-refractivity contribution in [1.29, 1.82) is 0 Å². The third kappa shape index (κ3) is 1.39. The number of aryl methyl sites for hydroxylation is 1. The van der Waals surface area contributed by atoms with Gasteiger partial charge in [0.05, 0.1) is 5.52 Å². The van der Waals surface area contributed by atoms with Gasteiger partial charge in [-0.05, 0) is 35.3 Å². The van der Waals surface area contributed by atoms with Crippen LogP contribution in [0.25, 0.3) is 21.3 Å². The predicted octanol–water partition coefficient (Wildman–Crippen LogP) is 3.49. The summed E-state index contributed by atoms with van der Waals surface area (Å²) in [5.74, 6) is 0.450. The van der Waals surface area contributed by atoms with Crippen LogP contribution >= 0.6 is 0 Å². The molecule has 4 nitrogen and oxygen atoms in total. The number of pyridine rings is 1. The molecule has 0 saturated carbocycles. The van der Waals surface area contributed by atoms with Crippen molar-refractivity contribution in [3.05, 3.63) is 46.3 Å². The van der Waals surface area contributed by atoms with Gasteiger partial charge in [0, 0.05) is 10.3 Å². The maximum Gasteiger partial charge on any atom is 0.130 e. The van der Waals surface area contributed by atoms with Crippen LogP contribution in [-0.4, -0.2) is 4.98 Å². The first kappa shape index (κ1) is 8.53. The highest BCUT2D eigenvalue weighted by Gasteiger charge is 1.99. The molecule has 0 saturated heterocycles. The fraction of sp³-hybridized carbons (Fsp3) is 0.100. The number of fused-ring (bicyclic) bond motifs is 1. The molecule has 0 radical (unpaired) electrons. The Hall–Kier alpha value is -2.06. The lowest BCUT2D eigenvalue weighted by Gasteiger charge is -2.01. The molecular formula is C10H8N4. The SMILES string of the molecule is Cc1cc2ccccc2nc1N=[N+]=[N-]. The molecule has 0 aliphatic heterocycles. The Morgan fingerprint density at radius 3 is 2.93 bits per heavy atom. The number of rotatable bonds is 1. The van der Waals surface area contributed by atoms with Crippen LogP contribution in [0.1, 0.15) is 5.56 Å². The van der Waals surface area contributed by atoms with Gasteiger partial charge in [-0.3, -0.25) is 0 Å². The van der Waals surface area contributed by atoms with Gasteiger partial charge in [-0.15, -0.1) is 0 Å². The summed E-state index contributed by atoms with van der Waals surface area (Å²) in [6, 6.07) is 9.70. The van der Waals surface area contributed by atoms with Crippen LogP contribution in [0.4, 0.5) is 5.82 Å². The second-order valence-electron chi connectivity index (χ2n) is 3.01. The smallest absolute Gasteiger partial charge is 0.130 e. The molecule has 1 heterocycles. The molecule has 1 aromatic heterocycles. The topological polar surface area (TPSA) is 61.7 Å². The molecule has 0 N–H and O–H groups in total. The maximum atomic E-state index is 8.33. The van der Waals surface area contributed by atoms with E-state index in [1.54, 1.807) is 0 Å². The van der Waals surface area contributed by atoms with Crippen molar-refractivity contribution >= 4 is 16.7 Å². The molecule has 14 heavy (non-hydrogen) atoms. The van der Waals surface area contributed by atoms with Crippen molar-refractivity contribution in [3.63, 3.8) is 0 Å². The van der Waals surface area contributed by atoms with Gasteiger partial charge < -0.3 is 0 Å². The molecule has 0 fully saturated rings. The lowest BCUT2D eigenvalue weighted by Crippen LogP contribution is -1.82. The van der Waals surface area contributed by atoms with Crippen molar-refractivity contribution in [2.45, 2.75) is 6.92 Å². The second-order valence-corrected chi connectivity index (χ2v) is 3.01. The zero-order valence-corrected chi connectivity index (χ0v) is 7.68. The number of nitrogens with zero attached hydrogens (tertiary/aromatic N) is 4. The van der Waals surface area contributed by atoms with E-state index < -0.39 is 0 Å². The fourth-order valence-corrected chi connectivity index (χ4v) is 1.36. The van der Waals surface area contributed by atoms with Gasteiger partial charge in [0.25, 0.3) is 0 Å². The highest BCUT2D eigenvalue weighted by Crippen LogP contribution is 2.21. The first-order valence-electron chi connectivity index (χ1n) is 4.23. The Kier molecular flexibility index (Phi) is 2.05. The standard InChI is InChI=1S/C10H8N4/c1-7-6-8-4-2-3-5-9(8)12-10(7)13-14-11/h2-6H,1H3. The van der Waals surface area contributed by atoms with E-state index in [1.807, 2.05) is 37.3 Å². The van der Waals surface area contributed by atoms with Crippen LogP contribution in [0.3, 0.4) is 0 Å². The lowest BCUT2D eigenvalue weighted by atomic mass is 10.1. The molecule has 2 rings (SSSR count). The molecule has 0 amide bonds. The van der Waals surface area contributed by atoms with Gasteiger partial charge in [-0.2, -0.15) is 0 Å². The summed E-state index contributed by atoms with van der Waals surface area (Å²) in [5, 5.41) is 4.58. The fourth-order valence-electron chi connectivity index (χ4n) is 1.36. The van der Waals surface area contributed by atoms with E-state index in [-0.39, 0.29) is 0 Å². The summed E-state index contributed by atoms with van der Waals surface area (Å²) in [6.07, 6.45) is 0. The van der Waals surface area contributed by atoms with Crippen molar-refractivity contribution in [2.75, 3.05) is 0 Å². The van der Waals surface area contributed by atoms with Crippen molar-refractivity contribution < 1.29 is 0 Å². The molecule has 0 atom stereocenters. The van der Waals surface area contributed by atoms with E-state index in [9.17, 15) is 0 Å². The summed E-state index contributed by atoms with van der Waals surface area (Å²) in [4.78, 5) is 6.98. The highest BCUT2D eigenvalue weighted by atomic mass is 15.2. The van der Waals surface area contributed by atoms with Gasteiger partial charge in [0.1, 0.15) is 5.82 Å². The summed E-state index contributed by atoms with van der Waals surface area (Å²) in [6.45, 7) is 1.88. The molecule has 0 bridgehead atoms. The monoisotopic (exact) mass is 184 g/mol. The minimum Gasteiger partial charge on any atom is -0.246 e. The van der Waals surface area contributed by atoms with Gasteiger partial charge in [0.15, 0.2) is 0 Å². The third-order valence-electron chi connectivity index (χ3n) is 2.03. The maximum absolute atomic E-state index is 8.33. The zero-order valence-electron chi connectivity index (χ0n) is 7.68. The van der Waals surface area contributed by atoms with Crippen LogP contribution in [0.5, 0.6) is 0 Å². The Morgan fingerprint density at radius 1 is 1.36 bits per heavy atom. The zero-order chi connectivity index (χ0) is 9.97. The van der Waals surface area contributed by atoms with Crippen LogP contribution in [0.15, 0.2) is 35.4 Å². The van der Waals surface area contributed by atoms with E-state index >= 15 is 0 Å². The average molecular weight is 184 g/mol. The largest absolute Gasteiger partial charge is 0.246 e. The average Bonchev–Trinajstić information content (AvgIpc) is 2.19. The third-order valence-corrected chi connectivity index (χ3v) is 2.03. The molecule has 0 aliphatic rings. The second kappa shape index (κ2) is 3.36. The van der Waals surface area contributed by atoms with E-state index in [4.69, 9.17) is 5.53 Å². The molecule has 2 aromatic rings. The van der Waals surface area contributed by atoms with Gasteiger partial charge >= 0.3 is 0 Å². The van der Waals surface area contributed by atoms with E-state index in [0.29, 0.717) is 5.82 Å². The number of hydrogen-bond donors (Lipinski definition) is 0. The minimum atomic E-state index is 0.450. The number of hydrogen-bond acceptors (Lipinski definition) is 2. The van der Waals surface area contributed by atoms with Crippen LogP contribution < -0.4 is 0 Å². The summed E-state index contributed by atoms with van der Waals surface area (Å²) in [5.41, 5.74) is 10.1. The minimum absolute atomic E-state index is 0.450. The van der Waals surface area contributed by atoms with Crippen LogP contribution in [-0.2, 0) is 0 Å². The first-order chi connectivity index (χ1) is 6.81. The summed E-state index contributed by atoms with van der Waals surface area (Å²) >= 11 is 0. The lowest BCUT2D eigenvalue weighted by molar-refractivity contribution is 1.26. The molecule has 0 spiro atoms. The van der Waals surface area contributed by atoms with Crippen molar-refractivity contribution in [1.82, 2.24) is 4.98 Å². The Morgan fingerprint density at radius 2 is 2.14 bits per heavy atom. The Bertz CT molecular complexity index is 527. The molecule has 4 heteroatoms. The van der Waals surface area contributed by atoms with Gasteiger partial charge in [0.2, 0.25) is 0 Å². The van der Waals surface area contributed by atoms with Crippen molar-refractivity contribution in [2.24, 2.45) is 5.11 Å². The summed E-state index contributed by atoms with van der Waals surface area (Å²) in [7, 11) is 0. The van der Waals surface area contributed by atoms with Gasteiger partial charge in [-0.1, -0.05) is 18.2 Å². The van der Waals surface area contributed by atoms with E-state index in [2.05, 4.69) is 15.0 Å². The van der Waals surface area contributed by atoms with Crippen LogP contribution in [0, 0.1) is 6.92 Å². The Balaban J connectivity index is 2.76. The van der Waals surface area contributed by atoms with Crippen molar-refractivity contribution in [3.8, 4) is 0 Å². The normalized spacial score (nSPS) is 9.79. The highest BCUT2D eigenvalue weighted by molar-refractivity contribution is 5.80. The molecule has 1 aromatic carbocycles. The first-order valence-corrected chi connectivity index (χ1v) is 4.23. The van der Waals surface area contributed by atoms with E-state index in [1.165, 1.54) is 0 Å². The predicted molar refractivity (Wildman–Crippen MR) is 55.3 cm³/mol. The summed E-state index contributed by atoms with van der Waals surface area (Å²) < 4.78 is 0.